The normalized spacial score (nSPS) is 33.5. The van der Waals surface area contributed by atoms with E-state index in [0.717, 1.165) is 17.9 Å². The molecule has 1 aliphatic heterocycles. The zero-order valence-corrected chi connectivity index (χ0v) is 13.5. The van der Waals surface area contributed by atoms with Gasteiger partial charge in [-0.3, -0.25) is 0 Å². The summed E-state index contributed by atoms with van der Waals surface area (Å²) in [6.45, 7) is 14.7. The van der Waals surface area contributed by atoms with Crippen LogP contribution in [0, 0.1) is 17.3 Å². The maximum atomic E-state index is 3.83. The first-order valence-electron chi connectivity index (χ1n) is 8.42. The third-order valence-electron chi connectivity index (χ3n) is 5.40. The minimum Gasteiger partial charge on any atom is -0.312 e. The predicted octanol–water partition coefficient (Wildman–Crippen LogP) is 3.52. The molecule has 2 atom stereocenters. The van der Waals surface area contributed by atoms with Gasteiger partial charge in [-0.15, -0.1) is 0 Å². The lowest BCUT2D eigenvalue weighted by Gasteiger charge is -2.40. The van der Waals surface area contributed by atoms with Gasteiger partial charge in [0.2, 0.25) is 0 Å². The lowest BCUT2D eigenvalue weighted by Crippen LogP contribution is -2.45. The fourth-order valence-electron chi connectivity index (χ4n) is 3.94. The zero-order valence-electron chi connectivity index (χ0n) is 13.5. The quantitative estimate of drug-likeness (QED) is 0.837. The molecule has 0 radical (unpaired) electrons. The lowest BCUT2D eigenvalue weighted by molar-refractivity contribution is 0.141. The third kappa shape index (κ3) is 4.75. The minimum atomic E-state index is 0.570. The highest BCUT2D eigenvalue weighted by Gasteiger charge is 2.31. The molecule has 1 aliphatic carbocycles. The van der Waals surface area contributed by atoms with Crippen molar-refractivity contribution in [2.24, 2.45) is 17.3 Å². The monoisotopic (exact) mass is 266 g/mol. The van der Waals surface area contributed by atoms with Crippen LogP contribution < -0.4 is 5.32 Å². The molecule has 0 spiro atoms. The highest BCUT2D eigenvalue weighted by molar-refractivity contribution is 4.87. The fraction of sp³-hybridized carbons (Fsp3) is 1.00. The smallest absolute Gasteiger partial charge is 0.0107 e. The summed E-state index contributed by atoms with van der Waals surface area (Å²) in [5.74, 6) is 1.79. The molecule has 1 N–H and O–H groups in total. The largest absolute Gasteiger partial charge is 0.312 e. The van der Waals surface area contributed by atoms with Crippen LogP contribution in [0.4, 0.5) is 0 Å². The van der Waals surface area contributed by atoms with E-state index >= 15 is 0 Å². The molecule has 0 aromatic carbocycles. The molecule has 1 heterocycles. The van der Waals surface area contributed by atoms with Crippen molar-refractivity contribution in [1.29, 1.82) is 0 Å². The van der Waals surface area contributed by atoms with E-state index in [0.29, 0.717) is 5.41 Å². The second-order valence-electron chi connectivity index (χ2n) is 7.97. The number of nitrogens with one attached hydrogen (secondary N) is 1. The fourth-order valence-corrected chi connectivity index (χ4v) is 3.94. The molecule has 1 saturated carbocycles. The molecule has 112 valence electrons. The van der Waals surface area contributed by atoms with Crippen molar-refractivity contribution in [3.63, 3.8) is 0 Å². The minimum absolute atomic E-state index is 0.570. The van der Waals surface area contributed by atoms with Crippen LogP contribution in [-0.4, -0.2) is 37.1 Å². The van der Waals surface area contributed by atoms with Gasteiger partial charge in [0.15, 0.2) is 0 Å². The first-order chi connectivity index (χ1) is 8.96. The number of piperidine rings is 1. The molecular formula is C17H34N2. The van der Waals surface area contributed by atoms with Gasteiger partial charge in [-0.25, -0.2) is 0 Å². The highest BCUT2D eigenvalue weighted by atomic mass is 15.1. The van der Waals surface area contributed by atoms with E-state index in [1.165, 1.54) is 58.3 Å². The Labute approximate surface area is 120 Å². The van der Waals surface area contributed by atoms with Crippen molar-refractivity contribution in [3.05, 3.63) is 0 Å². The van der Waals surface area contributed by atoms with Crippen LogP contribution in [-0.2, 0) is 0 Å². The van der Waals surface area contributed by atoms with E-state index in [1.54, 1.807) is 0 Å². The highest BCUT2D eigenvalue weighted by Crippen LogP contribution is 2.38. The predicted molar refractivity (Wildman–Crippen MR) is 83.4 cm³/mol. The van der Waals surface area contributed by atoms with Gasteiger partial charge >= 0.3 is 0 Å². The molecular weight excluding hydrogens is 232 g/mol. The molecule has 2 fully saturated rings. The van der Waals surface area contributed by atoms with E-state index in [1.807, 2.05) is 0 Å². The van der Waals surface area contributed by atoms with E-state index in [2.05, 4.69) is 37.9 Å². The van der Waals surface area contributed by atoms with Crippen LogP contribution >= 0.6 is 0 Å². The standard InChI is InChI=1S/C17H34N2/c1-14-6-10-19(11-7-14)12-9-18-16-5-8-17(3,4)13-15(16)2/h14-16,18H,5-13H2,1-4H3. The number of likely N-dealkylation sites (tertiary alicyclic amines) is 1. The number of hydrogen-bond donors (Lipinski definition) is 1. The van der Waals surface area contributed by atoms with Gasteiger partial charge in [0, 0.05) is 19.1 Å². The maximum absolute atomic E-state index is 3.83. The lowest BCUT2D eigenvalue weighted by atomic mass is 9.70. The third-order valence-corrected chi connectivity index (χ3v) is 5.40. The summed E-state index contributed by atoms with van der Waals surface area (Å²) in [5, 5.41) is 3.83. The molecule has 19 heavy (non-hydrogen) atoms. The van der Waals surface area contributed by atoms with Gasteiger partial charge in [-0.05, 0) is 62.4 Å². The molecule has 0 aromatic heterocycles. The summed E-state index contributed by atoms with van der Waals surface area (Å²) in [6, 6.07) is 0.761. The average Bonchev–Trinajstić information content (AvgIpc) is 2.34. The Morgan fingerprint density at radius 1 is 1.11 bits per heavy atom. The molecule has 2 nitrogen and oxygen atoms in total. The Balaban J connectivity index is 1.63. The summed E-state index contributed by atoms with van der Waals surface area (Å²) < 4.78 is 0. The maximum Gasteiger partial charge on any atom is 0.0107 e. The van der Waals surface area contributed by atoms with Crippen molar-refractivity contribution in [2.75, 3.05) is 26.2 Å². The van der Waals surface area contributed by atoms with Crippen molar-refractivity contribution < 1.29 is 0 Å². The van der Waals surface area contributed by atoms with Crippen LogP contribution in [0.5, 0.6) is 0 Å². The Morgan fingerprint density at radius 3 is 2.42 bits per heavy atom. The summed E-state index contributed by atoms with van der Waals surface area (Å²) in [6.07, 6.45) is 6.93. The molecule has 2 unspecified atom stereocenters. The van der Waals surface area contributed by atoms with Gasteiger partial charge in [0.1, 0.15) is 0 Å². The Bertz CT molecular complexity index is 266. The summed E-state index contributed by atoms with van der Waals surface area (Å²) in [4.78, 5) is 2.64. The van der Waals surface area contributed by atoms with Crippen molar-refractivity contribution >= 4 is 0 Å². The summed E-state index contributed by atoms with van der Waals surface area (Å²) >= 11 is 0. The topological polar surface area (TPSA) is 15.3 Å². The van der Waals surface area contributed by atoms with Crippen LogP contribution in [0.25, 0.3) is 0 Å². The van der Waals surface area contributed by atoms with E-state index in [4.69, 9.17) is 0 Å². The van der Waals surface area contributed by atoms with Gasteiger partial charge < -0.3 is 10.2 Å². The SMILES string of the molecule is CC1CCN(CCNC2CCC(C)(C)CC2C)CC1. The molecule has 1 saturated heterocycles. The van der Waals surface area contributed by atoms with Crippen molar-refractivity contribution in [3.8, 4) is 0 Å². The van der Waals surface area contributed by atoms with E-state index in [-0.39, 0.29) is 0 Å². The molecule has 0 bridgehead atoms. The first-order valence-corrected chi connectivity index (χ1v) is 8.42. The van der Waals surface area contributed by atoms with E-state index in [9.17, 15) is 0 Å². The van der Waals surface area contributed by atoms with Gasteiger partial charge in [-0.2, -0.15) is 0 Å². The van der Waals surface area contributed by atoms with Gasteiger partial charge in [0.05, 0.1) is 0 Å². The average molecular weight is 266 g/mol. The molecule has 2 heteroatoms. The summed E-state index contributed by atoms with van der Waals surface area (Å²) in [7, 11) is 0. The molecule has 2 rings (SSSR count). The molecule has 0 amide bonds. The molecule has 2 aliphatic rings. The summed E-state index contributed by atoms with van der Waals surface area (Å²) in [5.41, 5.74) is 0.570. The van der Waals surface area contributed by atoms with Crippen molar-refractivity contribution in [1.82, 2.24) is 10.2 Å². The second-order valence-corrected chi connectivity index (χ2v) is 7.97. The van der Waals surface area contributed by atoms with Gasteiger partial charge in [0.25, 0.3) is 0 Å². The number of nitrogens with zero attached hydrogens (tertiary/aromatic N) is 1. The van der Waals surface area contributed by atoms with Crippen LogP contribution in [0.15, 0.2) is 0 Å². The van der Waals surface area contributed by atoms with Crippen molar-refractivity contribution in [2.45, 2.75) is 65.8 Å². The van der Waals surface area contributed by atoms with E-state index < -0.39 is 0 Å². The molecule has 0 aromatic rings. The van der Waals surface area contributed by atoms with Crippen LogP contribution in [0.1, 0.15) is 59.8 Å². The number of hydrogen-bond acceptors (Lipinski definition) is 2. The Kier molecular flexibility index (Phi) is 5.30. The van der Waals surface area contributed by atoms with Crippen LogP contribution in [0.2, 0.25) is 0 Å². The zero-order chi connectivity index (χ0) is 13.9. The Morgan fingerprint density at radius 2 is 1.79 bits per heavy atom. The number of rotatable bonds is 4. The Hall–Kier alpha value is -0.0800. The first kappa shape index (κ1) is 15.3. The second kappa shape index (κ2) is 6.58. The van der Waals surface area contributed by atoms with Crippen LogP contribution in [0.3, 0.4) is 0 Å². The van der Waals surface area contributed by atoms with Gasteiger partial charge in [-0.1, -0.05) is 27.7 Å².